The Bertz CT molecular complexity index is 767. The summed E-state index contributed by atoms with van der Waals surface area (Å²) in [6.07, 6.45) is 3.36. The second-order valence-corrected chi connectivity index (χ2v) is 6.00. The summed E-state index contributed by atoms with van der Waals surface area (Å²) in [6, 6.07) is 9.23. The number of benzene rings is 1. The first-order valence-corrected chi connectivity index (χ1v) is 7.74. The van der Waals surface area contributed by atoms with Gasteiger partial charge in [0.15, 0.2) is 12.4 Å². The number of anilines is 1. The second-order valence-electron chi connectivity index (χ2n) is 6.00. The van der Waals surface area contributed by atoms with E-state index in [0.29, 0.717) is 16.8 Å². The number of amides is 3. The molecule has 1 aliphatic rings. The van der Waals surface area contributed by atoms with Gasteiger partial charge in [0, 0.05) is 6.07 Å². The van der Waals surface area contributed by atoms with Gasteiger partial charge in [0.2, 0.25) is 5.91 Å². The molecule has 0 bridgehead atoms. The molecule has 1 aromatic carbocycles. The Kier molecular flexibility index (Phi) is 4.12. The maximum absolute atomic E-state index is 12.7. The van der Waals surface area contributed by atoms with Gasteiger partial charge in [0.1, 0.15) is 11.7 Å². The molecule has 0 aliphatic carbocycles. The Labute approximate surface area is 139 Å². The van der Waals surface area contributed by atoms with Gasteiger partial charge in [-0.3, -0.25) is 19.3 Å². The lowest BCUT2D eigenvalue weighted by molar-refractivity contribution is -0.377. The molecular weight excluding hydrogens is 306 g/mol. The highest BCUT2D eigenvalue weighted by Crippen LogP contribution is 2.27. The Morgan fingerprint density at radius 3 is 2.17 bits per heavy atom. The number of hydrogen-bond donors (Lipinski definition) is 1. The van der Waals surface area contributed by atoms with Gasteiger partial charge in [0.05, 0.1) is 11.1 Å². The molecule has 2 heterocycles. The highest BCUT2D eigenvalue weighted by atomic mass is 16.2. The fourth-order valence-corrected chi connectivity index (χ4v) is 2.87. The molecule has 1 aromatic heterocycles. The summed E-state index contributed by atoms with van der Waals surface area (Å²) in [7, 11) is 0. The van der Waals surface area contributed by atoms with Crippen LogP contribution in [0.3, 0.4) is 0 Å². The van der Waals surface area contributed by atoms with Crippen molar-refractivity contribution in [3.05, 3.63) is 59.9 Å². The highest BCUT2D eigenvalue weighted by Gasteiger charge is 2.43. The molecule has 0 saturated heterocycles. The number of aromatic nitrogens is 1. The van der Waals surface area contributed by atoms with Crippen molar-refractivity contribution in [2.24, 2.45) is 5.92 Å². The smallest absolute Gasteiger partial charge is 0.262 e. The molecule has 3 amide bonds. The molecule has 24 heavy (non-hydrogen) atoms. The third-order valence-electron chi connectivity index (χ3n) is 3.98. The number of rotatable bonds is 4. The topological polar surface area (TPSA) is 80.6 Å². The Morgan fingerprint density at radius 2 is 1.67 bits per heavy atom. The maximum Gasteiger partial charge on any atom is 0.262 e. The van der Waals surface area contributed by atoms with Gasteiger partial charge in [0.25, 0.3) is 11.8 Å². The lowest BCUT2D eigenvalue weighted by atomic mass is 10.0. The SMILES string of the molecule is CC(C)C(C(=O)Nc1ccc[nH+]c1)N1C(=O)c2ccccc2C1=O. The zero-order valence-electron chi connectivity index (χ0n) is 13.4. The van der Waals surface area contributed by atoms with Gasteiger partial charge >= 0.3 is 0 Å². The van der Waals surface area contributed by atoms with E-state index in [4.69, 9.17) is 0 Å². The summed E-state index contributed by atoms with van der Waals surface area (Å²) in [5.41, 5.74) is 1.26. The number of aromatic amines is 1. The zero-order valence-corrected chi connectivity index (χ0v) is 13.4. The maximum atomic E-state index is 12.7. The van der Waals surface area contributed by atoms with Gasteiger partial charge in [-0.1, -0.05) is 26.0 Å². The fourth-order valence-electron chi connectivity index (χ4n) is 2.87. The normalized spacial score (nSPS) is 14.7. The van der Waals surface area contributed by atoms with Crippen LogP contribution < -0.4 is 10.3 Å². The van der Waals surface area contributed by atoms with E-state index in [2.05, 4.69) is 10.3 Å². The number of imide groups is 1. The molecule has 0 fully saturated rings. The number of H-pyrrole nitrogens is 1. The van der Waals surface area contributed by atoms with Gasteiger partial charge < -0.3 is 5.32 Å². The second kappa shape index (κ2) is 6.23. The summed E-state index contributed by atoms with van der Waals surface area (Å²) in [4.78, 5) is 41.9. The van der Waals surface area contributed by atoms with Crippen molar-refractivity contribution in [1.29, 1.82) is 0 Å². The number of hydrogen-bond acceptors (Lipinski definition) is 3. The molecule has 0 radical (unpaired) electrons. The Hall–Kier alpha value is -3.02. The van der Waals surface area contributed by atoms with Crippen LogP contribution in [-0.4, -0.2) is 28.7 Å². The lowest BCUT2D eigenvalue weighted by Crippen LogP contribution is -2.50. The molecular formula is C18H18N3O3+. The van der Waals surface area contributed by atoms with Crippen LogP contribution in [-0.2, 0) is 4.79 Å². The standard InChI is InChI=1S/C18H17N3O3/c1-11(2)15(16(22)20-12-6-5-9-19-10-12)21-17(23)13-7-3-4-8-14(13)18(21)24/h3-11,15H,1-2H3,(H,20,22)/p+1. The average molecular weight is 324 g/mol. The van der Waals surface area contributed by atoms with Gasteiger partial charge in [-0.2, -0.15) is 0 Å². The van der Waals surface area contributed by atoms with Crippen LogP contribution in [0.4, 0.5) is 5.69 Å². The van der Waals surface area contributed by atoms with E-state index in [9.17, 15) is 14.4 Å². The minimum absolute atomic E-state index is 0.222. The van der Waals surface area contributed by atoms with Gasteiger partial charge in [-0.05, 0) is 24.1 Å². The number of carbonyl (C=O) groups excluding carboxylic acids is 3. The first-order valence-electron chi connectivity index (χ1n) is 7.74. The van der Waals surface area contributed by atoms with E-state index in [1.807, 2.05) is 13.8 Å². The monoisotopic (exact) mass is 324 g/mol. The summed E-state index contributed by atoms with van der Waals surface area (Å²) < 4.78 is 0. The molecule has 6 nitrogen and oxygen atoms in total. The molecule has 122 valence electrons. The average Bonchev–Trinajstić information content (AvgIpc) is 2.81. The van der Waals surface area contributed by atoms with Crippen molar-refractivity contribution in [3.63, 3.8) is 0 Å². The zero-order chi connectivity index (χ0) is 17.3. The van der Waals surface area contributed by atoms with E-state index in [0.717, 1.165) is 4.90 Å². The van der Waals surface area contributed by atoms with Crippen LogP contribution in [0.15, 0.2) is 48.8 Å². The number of nitrogens with zero attached hydrogens (tertiary/aromatic N) is 1. The van der Waals surface area contributed by atoms with E-state index < -0.39 is 17.9 Å². The van der Waals surface area contributed by atoms with Crippen molar-refractivity contribution >= 4 is 23.4 Å². The van der Waals surface area contributed by atoms with Crippen molar-refractivity contribution in [3.8, 4) is 0 Å². The predicted octanol–water partition coefficient (Wildman–Crippen LogP) is 1.76. The first-order chi connectivity index (χ1) is 11.5. The quantitative estimate of drug-likeness (QED) is 0.870. The summed E-state index contributed by atoms with van der Waals surface area (Å²) >= 11 is 0. The minimum Gasteiger partial charge on any atom is -0.319 e. The van der Waals surface area contributed by atoms with Crippen LogP contribution in [0.2, 0.25) is 0 Å². The van der Waals surface area contributed by atoms with Crippen LogP contribution in [0.5, 0.6) is 0 Å². The molecule has 3 rings (SSSR count). The fraction of sp³-hybridized carbons (Fsp3) is 0.222. The molecule has 1 unspecified atom stereocenters. The summed E-state index contributed by atoms with van der Waals surface area (Å²) in [5.74, 6) is -1.47. The number of nitrogens with one attached hydrogen (secondary N) is 2. The largest absolute Gasteiger partial charge is 0.319 e. The van der Waals surface area contributed by atoms with Gasteiger partial charge in [-0.15, -0.1) is 0 Å². The van der Waals surface area contributed by atoms with E-state index in [-0.39, 0.29) is 11.8 Å². The molecule has 2 aromatic rings. The van der Waals surface area contributed by atoms with Crippen LogP contribution in [0.25, 0.3) is 0 Å². The highest BCUT2D eigenvalue weighted by molar-refractivity contribution is 6.23. The van der Waals surface area contributed by atoms with Crippen LogP contribution >= 0.6 is 0 Å². The summed E-state index contributed by atoms with van der Waals surface area (Å²) in [6.45, 7) is 3.62. The van der Waals surface area contributed by atoms with Gasteiger partial charge in [-0.25, -0.2) is 4.98 Å². The Balaban J connectivity index is 1.91. The molecule has 2 N–H and O–H groups in total. The molecule has 1 aliphatic heterocycles. The van der Waals surface area contributed by atoms with Crippen molar-refractivity contribution in [1.82, 2.24) is 4.90 Å². The first kappa shape index (κ1) is 15.9. The molecule has 1 atom stereocenters. The Morgan fingerprint density at radius 1 is 1.04 bits per heavy atom. The van der Waals surface area contributed by atoms with E-state index in [1.54, 1.807) is 48.8 Å². The molecule has 0 spiro atoms. The molecule has 6 heteroatoms. The number of fused-ring (bicyclic) bond motifs is 1. The van der Waals surface area contributed by atoms with Crippen molar-refractivity contribution < 1.29 is 19.4 Å². The van der Waals surface area contributed by atoms with Crippen LogP contribution in [0.1, 0.15) is 34.6 Å². The van der Waals surface area contributed by atoms with Crippen LogP contribution in [0, 0.1) is 5.92 Å². The third kappa shape index (κ3) is 2.67. The lowest BCUT2D eigenvalue weighted by Gasteiger charge is -2.28. The summed E-state index contributed by atoms with van der Waals surface area (Å²) in [5, 5.41) is 2.75. The van der Waals surface area contributed by atoms with Crippen molar-refractivity contribution in [2.45, 2.75) is 19.9 Å². The number of pyridine rings is 1. The van der Waals surface area contributed by atoms with E-state index >= 15 is 0 Å². The minimum atomic E-state index is -0.877. The number of carbonyl (C=O) groups is 3. The predicted molar refractivity (Wildman–Crippen MR) is 87.2 cm³/mol. The third-order valence-corrected chi connectivity index (χ3v) is 3.98. The van der Waals surface area contributed by atoms with Crippen molar-refractivity contribution in [2.75, 3.05) is 5.32 Å². The molecule has 0 saturated carbocycles. The van der Waals surface area contributed by atoms with E-state index in [1.165, 1.54) is 0 Å².